The minimum absolute atomic E-state index is 0.184. The van der Waals surface area contributed by atoms with E-state index < -0.39 is 0 Å². The molecule has 16 heavy (non-hydrogen) atoms. The van der Waals surface area contributed by atoms with Crippen LogP contribution in [0.1, 0.15) is 58.8 Å². The molecule has 94 valence electrons. The van der Waals surface area contributed by atoms with Crippen LogP contribution in [-0.2, 0) is 4.79 Å². The summed E-state index contributed by atoms with van der Waals surface area (Å²) in [5.74, 6) is 0.589. The van der Waals surface area contributed by atoms with E-state index in [9.17, 15) is 4.79 Å². The van der Waals surface area contributed by atoms with E-state index in [-0.39, 0.29) is 11.9 Å². The maximum atomic E-state index is 11.8. The van der Waals surface area contributed by atoms with Gasteiger partial charge in [-0.1, -0.05) is 26.2 Å². The van der Waals surface area contributed by atoms with Crippen LogP contribution in [0, 0.1) is 5.92 Å². The molecule has 0 aromatic rings. The van der Waals surface area contributed by atoms with Gasteiger partial charge in [-0.25, -0.2) is 0 Å². The molecule has 3 nitrogen and oxygen atoms in total. The predicted molar refractivity (Wildman–Crippen MR) is 67.1 cm³/mol. The first-order chi connectivity index (χ1) is 7.63. The second kappa shape index (κ2) is 6.89. The molecule has 0 spiro atoms. The molecule has 1 rings (SSSR count). The van der Waals surface area contributed by atoms with Crippen LogP contribution in [0.2, 0.25) is 0 Å². The third kappa shape index (κ3) is 4.52. The minimum Gasteiger partial charge on any atom is -0.354 e. The van der Waals surface area contributed by atoms with Crippen molar-refractivity contribution in [3.63, 3.8) is 0 Å². The molecule has 1 amide bonds. The van der Waals surface area contributed by atoms with Gasteiger partial charge in [0.15, 0.2) is 0 Å². The fourth-order valence-electron chi connectivity index (χ4n) is 2.57. The van der Waals surface area contributed by atoms with Gasteiger partial charge in [0.1, 0.15) is 0 Å². The minimum atomic E-state index is 0.184. The zero-order valence-electron chi connectivity index (χ0n) is 10.7. The summed E-state index contributed by atoms with van der Waals surface area (Å²) in [7, 11) is 0. The third-order valence-corrected chi connectivity index (χ3v) is 3.54. The molecule has 1 fully saturated rings. The summed E-state index contributed by atoms with van der Waals surface area (Å²) in [5.41, 5.74) is 6.04. The molecule has 0 aromatic heterocycles. The Hall–Kier alpha value is -0.570. The highest BCUT2D eigenvalue weighted by atomic mass is 16.1. The lowest BCUT2D eigenvalue weighted by Gasteiger charge is -2.28. The van der Waals surface area contributed by atoms with Crippen molar-refractivity contribution in [2.24, 2.45) is 11.7 Å². The fraction of sp³-hybridized carbons (Fsp3) is 0.923. The maximum absolute atomic E-state index is 11.8. The highest BCUT2D eigenvalue weighted by Gasteiger charge is 2.24. The van der Waals surface area contributed by atoms with Crippen molar-refractivity contribution in [2.45, 2.75) is 70.9 Å². The van der Waals surface area contributed by atoms with Crippen LogP contribution in [0.5, 0.6) is 0 Å². The predicted octanol–water partition coefficient (Wildman–Crippen LogP) is 2.20. The number of amides is 1. The monoisotopic (exact) mass is 226 g/mol. The maximum Gasteiger partial charge on any atom is 0.220 e. The van der Waals surface area contributed by atoms with Gasteiger partial charge < -0.3 is 11.1 Å². The van der Waals surface area contributed by atoms with Crippen molar-refractivity contribution in [3.05, 3.63) is 0 Å². The second-order valence-electron chi connectivity index (χ2n) is 5.17. The van der Waals surface area contributed by atoms with Crippen LogP contribution < -0.4 is 11.1 Å². The Morgan fingerprint density at radius 1 is 1.44 bits per heavy atom. The smallest absolute Gasteiger partial charge is 0.220 e. The van der Waals surface area contributed by atoms with Crippen LogP contribution in [0.3, 0.4) is 0 Å². The van der Waals surface area contributed by atoms with Crippen molar-refractivity contribution < 1.29 is 4.79 Å². The zero-order valence-corrected chi connectivity index (χ0v) is 10.7. The molecule has 3 N–H and O–H groups in total. The summed E-state index contributed by atoms with van der Waals surface area (Å²) in [4.78, 5) is 11.8. The van der Waals surface area contributed by atoms with Crippen molar-refractivity contribution >= 4 is 5.91 Å². The SMILES string of the molecule is CCCC(C)NC(=O)CC1CCCCC1N. The van der Waals surface area contributed by atoms with Gasteiger partial charge in [-0.15, -0.1) is 0 Å². The Morgan fingerprint density at radius 3 is 2.75 bits per heavy atom. The van der Waals surface area contributed by atoms with E-state index in [2.05, 4.69) is 19.2 Å². The average Bonchev–Trinajstić information content (AvgIpc) is 2.21. The molecule has 0 heterocycles. The van der Waals surface area contributed by atoms with E-state index in [1.54, 1.807) is 0 Å². The van der Waals surface area contributed by atoms with Crippen molar-refractivity contribution in [1.29, 1.82) is 0 Å². The molecule has 0 aromatic carbocycles. The summed E-state index contributed by atoms with van der Waals surface area (Å²) >= 11 is 0. The molecular weight excluding hydrogens is 200 g/mol. The Labute approximate surface area is 99.2 Å². The van der Waals surface area contributed by atoms with E-state index in [4.69, 9.17) is 5.73 Å². The van der Waals surface area contributed by atoms with Gasteiger partial charge >= 0.3 is 0 Å². The first-order valence-electron chi connectivity index (χ1n) is 6.68. The van der Waals surface area contributed by atoms with Gasteiger partial charge in [0, 0.05) is 18.5 Å². The van der Waals surface area contributed by atoms with Crippen molar-refractivity contribution in [2.75, 3.05) is 0 Å². The van der Waals surface area contributed by atoms with E-state index >= 15 is 0 Å². The summed E-state index contributed by atoms with van der Waals surface area (Å²) in [5, 5.41) is 3.05. The zero-order chi connectivity index (χ0) is 12.0. The van der Waals surface area contributed by atoms with E-state index in [1.807, 2.05) is 0 Å². The van der Waals surface area contributed by atoms with E-state index in [0.717, 1.165) is 25.7 Å². The van der Waals surface area contributed by atoms with Gasteiger partial charge in [-0.05, 0) is 32.1 Å². The first-order valence-corrected chi connectivity index (χ1v) is 6.68. The van der Waals surface area contributed by atoms with Gasteiger partial charge in [0.2, 0.25) is 5.91 Å². The normalized spacial score (nSPS) is 27.4. The van der Waals surface area contributed by atoms with Crippen LogP contribution in [0.25, 0.3) is 0 Å². The highest BCUT2D eigenvalue weighted by Crippen LogP contribution is 2.25. The largest absolute Gasteiger partial charge is 0.354 e. The number of nitrogens with one attached hydrogen (secondary N) is 1. The lowest BCUT2D eigenvalue weighted by molar-refractivity contribution is -0.123. The molecule has 3 atom stereocenters. The molecule has 3 unspecified atom stereocenters. The van der Waals surface area contributed by atoms with Crippen molar-refractivity contribution in [1.82, 2.24) is 5.32 Å². The first kappa shape index (κ1) is 13.5. The van der Waals surface area contributed by atoms with E-state index in [1.165, 1.54) is 12.8 Å². The van der Waals surface area contributed by atoms with Gasteiger partial charge in [-0.2, -0.15) is 0 Å². The summed E-state index contributed by atoms with van der Waals surface area (Å²) < 4.78 is 0. The second-order valence-corrected chi connectivity index (χ2v) is 5.17. The third-order valence-electron chi connectivity index (χ3n) is 3.54. The summed E-state index contributed by atoms with van der Waals surface area (Å²) in [6.07, 6.45) is 7.46. The quantitative estimate of drug-likeness (QED) is 0.755. The molecule has 0 bridgehead atoms. The van der Waals surface area contributed by atoms with Crippen molar-refractivity contribution in [3.8, 4) is 0 Å². The van der Waals surface area contributed by atoms with Crippen LogP contribution in [-0.4, -0.2) is 18.0 Å². The average molecular weight is 226 g/mol. The molecule has 1 aliphatic carbocycles. The highest BCUT2D eigenvalue weighted by molar-refractivity contribution is 5.76. The molecule has 0 aliphatic heterocycles. The number of hydrogen-bond acceptors (Lipinski definition) is 2. The number of hydrogen-bond donors (Lipinski definition) is 2. The van der Waals surface area contributed by atoms with Gasteiger partial charge in [0.05, 0.1) is 0 Å². The van der Waals surface area contributed by atoms with Crippen LogP contribution >= 0.6 is 0 Å². The molecule has 3 heteroatoms. The molecule has 1 aliphatic rings. The van der Waals surface area contributed by atoms with Gasteiger partial charge in [0.25, 0.3) is 0 Å². The Kier molecular flexibility index (Phi) is 5.81. The molecule has 0 saturated heterocycles. The molecular formula is C13H26N2O. The van der Waals surface area contributed by atoms with Crippen LogP contribution in [0.4, 0.5) is 0 Å². The lowest BCUT2D eigenvalue weighted by atomic mass is 9.83. The molecule has 0 radical (unpaired) electrons. The topological polar surface area (TPSA) is 55.1 Å². The Morgan fingerprint density at radius 2 is 2.12 bits per heavy atom. The Bertz CT molecular complexity index is 218. The lowest BCUT2D eigenvalue weighted by Crippen LogP contribution is -2.39. The Balaban J connectivity index is 2.27. The summed E-state index contributed by atoms with van der Waals surface area (Å²) in [6.45, 7) is 4.21. The standard InChI is InChI=1S/C13H26N2O/c1-3-6-10(2)15-13(16)9-11-7-4-5-8-12(11)14/h10-12H,3-9,14H2,1-2H3,(H,15,16). The fourth-order valence-corrected chi connectivity index (χ4v) is 2.57. The number of carbonyl (C=O) groups excluding carboxylic acids is 1. The number of rotatable bonds is 5. The molecule has 1 saturated carbocycles. The van der Waals surface area contributed by atoms with E-state index in [0.29, 0.717) is 18.4 Å². The summed E-state index contributed by atoms with van der Waals surface area (Å²) in [6, 6.07) is 0.540. The number of nitrogens with two attached hydrogens (primary N) is 1. The number of carbonyl (C=O) groups is 1. The van der Waals surface area contributed by atoms with Crippen LogP contribution in [0.15, 0.2) is 0 Å². The van der Waals surface area contributed by atoms with Gasteiger partial charge in [-0.3, -0.25) is 4.79 Å².